The van der Waals surface area contributed by atoms with Gasteiger partial charge in [0, 0.05) is 11.4 Å². The second kappa shape index (κ2) is 5.02. The minimum Gasteiger partial charge on any atom is -0.496 e. The van der Waals surface area contributed by atoms with Crippen LogP contribution in [0.3, 0.4) is 0 Å². The van der Waals surface area contributed by atoms with Crippen molar-refractivity contribution in [3.05, 3.63) is 41.3 Å². The van der Waals surface area contributed by atoms with Crippen molar-refractivity contribution in [1.82, 2.24) is 5.16 Å². The third-order valence-corrected chi connectivity index (χ3v) is 3.97. The van der Waals surface area contributed by atoms with E-state index in [1.165, 1.54) is 11.3 Å². The van der Waals surface area contributed by atoms with Gasteiger partial charge in [0.05, 0.1) is 17.6 Å². The lowest BCUT2D eigenvalue weighted by Crippen LogP contribution is -1.88. The molecule has 2 heterocycles. The van der Waals surface area contributed by atoms with Gasteiger partial charge >= 0.3 is 0 Å². The number of ether oxygens (including phenoxy) is 1. The molecular formula is C15H14N2O2S. The summed E-state index contributed by atoms with van der Waals surface area (Å²) in [6, 6.07) is 10.0. The standard InChI is InChI=1S/C15H14N2O2S/c1-9-4-3-5-10(6-9)13-14(19-17-15(13)16)12-7-11(18-2)8-20-12/h3-8H,1-2H3,(H2,16,17). The highest BCUT2D eigenvalue weighted by Gasteiger charge is 2.19. The molecule has 4 nitrogen and oxygen atoms in total. The maximum absolute atomic E-state index is 5.97. The molecule has 2 N–H and O–H groups in total. The first-order valence-electron chi connectivity index (χ1n) is 6.14. The fraction of sp³-hybridized carbons (Fsp3) is 0.133. The quantitative estimate of drug-likeness (QED) is 0.791. The Morgan fingerprint density at radius 1 is 1.30 bits per heavy atom. The maximum atomic E-state index is 5.97. The first-order chi connectivity index (χ1) is 9.69. The smallest absolute Gasteiger partial charge is 0.186 e. The predicted octanol–water partition coefficient (Wildman–Crippen LogP) is 3.97. The Bertz CT molecular complexity index is 746. The number of aryl methyl sites for hydroxylation is 1. The highest BCUT2D eigenvalue weighted by atomic mass is 32.1. The van der Waals surface area contributed by atoms with Crippen molar-refractivity contribution in [1.29, 1.82) is 0 Å². The first-order valence-corrected chi connectivity index (χ1v) is 7.02. The van der Waals surface area contributed by atoms with E-state index in [1.54, 1.807) is 7.11 Å². The van der Waals surface area contributed by atoms with Crippen LogP contribution in [0.4, 0.5) is 5.82 Å². The molecule has 0 atom stereocenters. The summed E-state index contributed by atoms with van der Waals surface area (Å²) in [7, 11) is 1.64. The Kier molecular flexibility index (Phi) is 3.20. The lowest BCUT2D eigenvalue weighted by Gasteiger charge is -2.02. The van der Waals surface area contributed by atoms with E-state index in [4.69, 9.17) is 15.0 Å². The van der Waals surface area contributed by atoms with E-state index in [2.05, 4.69) is 11.2 Å². The number of anilines is 1. The molecule has 3 rings (SSSR count). The lowest BCUT2D eigenvalue weighted by atomic mass is 10.0. The number of methoxy groups -OCH3 is 1. The zero-order chi connectivity index (χ0) is 14.1. The molecule has 0 amide bonds. The third kappa shape index (κ3) is 2.16. The third-order valence-electron chi connectivity index (χ3n) is 3.06. The molecule has 0 fully saturated rings. The Morgan fingerprint density at radius 2 is 2.15 bits per heavy atom. The second-order valence-electron chi connectivity index (χ2n) is 4.49. The first kappa shape index (κ1) is 12.7. The summed E-state index contributed by atoms with van der Waals surface area (Å²) in [5.41, 5.74) is 8.97. The number of nitrogens with two attached hydrogens (primary N) is 1. The van der Waals surface area contributed by atoms with Crippen molar-refractivity contribution in [3.63, 3.8) is 0 Å². The molecule has 0 saturated carbocycles. The van der Waals surface area contributed by atoms with Gasteiger partial charge in [-0.25, -0.2) is 0 Å². The van der Waals surface area contributed by atoms with Crippen LogP contribution in [0.25, 0.3) is 21.8 Å². The van der Waals surface area contributed by atoms with E-state index in [-0.39, 0.29) is 0 Å². The summed E-state index contributed by atoms with van der Waals surface area (Å²) in [5.74, 6) is 1.88. The largest absolute Gasteiger partial charge is 0.496 e. The van der Waals surface area contributed by atoms with E-state index in [0.717, 1.165) is 27.3 Å². The van der Waals surface area contributed by atoms with E-state index in [0.29, 0.717) is 11.6 Å². The number of benzene rings is 1. The Labute approximate surface area is 120 Å². The number of hydrogen-bond donors (Lipinski definition) is 1. The van der Waals surface area contributed by atoms with Gasteiger partial charge < -0.3 is 15.0 Å². The SMILES string of the molecule is COc1csc(-c2onc(N)c2-c2cccc(C)c2)c1. The number of aromatic nitrogens is 1. The van der Waals surface area contributed by atoms with Crippen LogP contribution in [0.1, 0.15) is 5.56 Å². The van der Waals surface area contributed by atoms with E-state index >= 15 is 0 Å². The van der Waals surface area contributed by atoms with Gasteiger partial charge in [-0.15, -0.1) is 11.3 Å². The molecule has 5 heteroatoms. The topological polar surface area (TPSA) is 61.3 Å². The molecule has 20 heavy (non-hydrogen) atoms. The highest BCUT2D eigenvalue weighted by molar-refractivity contribution is 7.13. The fourth-order valence-electron chi connectivity index (χ4n) is 2.10. The maximum Gasteiger partial charge on any atom is 0.186 e. The summed E-state index contributed by atoms with van der Waals surface area (Å²) < 4.78 is 10.6. The molecule has 2 aromatic heterocycles. The number of nitrogens with zero attached hydrogens (tertiary/aromatic N) is 1. The molecule has 1 aromatic carbocycles. The average Bonchev–Trinajstić information content (AvgIpc) is 3.04. The van der Waals surface area contributed by atoms with Crippen LogP contribution in [-0.4, -0.2) is 12.3 Å². The minimum absolute atomic E-state index is 0.401. The fourth-order valence-corrected chi connectivity index (χ4v) is 2.93. The van der Waals surface area contributed by atoms with Gasteiger partial charge in [0.25, 0.3) is 0 Å². The van der Waals surface area contributed by atoms with Gasteiger partial charge in [-0.05, 0) is 12.5 Å². The number of nitrogen functional groups attached to an aromatic ring is 1. The van der Waals surface area contributed by atoms with Crippen molar-refractivity contribution < 1.29 is 9.26 Å². The molecule has 0 aliphatic rings. The summed E-state index contributed by atoms with van der Waals surface area (Å²) >= 11 is 1.54. The van der Waals surface area contributed by atoms with Gasteiger partial charge in [0.15, 0.2) is 11.6 Å². The highest BCUT2D eigenvalue weighted by Crippen LogP contribution is 2.40. The van der Waals surface area contributed by atoms with Gasteiger partial charge in [-0.3, -0.25) is 0 Å². The van der Waals surface area contributed by atoms with Crippen LogP contribution >= 0.6 is 11.3 Å². The predicted molar refractivity (Wildman–Crippen MR) is 81.0 cm³/mol. The monoisotopic (exact) mass is 286 g/mol. The van der Waals surface area contributed by atoms with Crippen molar-refractivity contribution in [2.75, 3.05) is 12.8 Å². The van der Waals surface area contributed by atoms with Crippen molar-refractivity contribution in [2.24, 2.45) is 0 Å². The molecule has 0 aliphatic heterocycles. The number of thiophene rings is 1. The molecule has 0 spiro atoms. The van der Waals surface area contributed by atoms with Crippen molar-refractivity contribution in [2.45, 2.75) is 6.92 Å². The summed E-state index contributed by atoms with van der Waals surface area (Å²) in [6.07, 6.45) is 0. The van der Waals surface area contributed by atoms with Crippen molar-refractivity contribution in [3.8, 4) is 27.5 Å². The molecule has 0 aliphatic carbocycles. The van der Waals surface area contributed by atoms with Crippen molar-refractivity contribution >= 4 is 17.2 Å². The molecule has 3 aromatic rings. The number of hydrogen-bond acceptors (Lipinski definition) is 5. The zero-order valence-electron chi connectivity index (χ0n) is 11.2. The summed E-state index contributed by atoms with van der Waals surface area (Å²) in [6.45, 7) is 2.04. The van der Waals surface area contributed by atoms with E-state index < -0.39 is 0 Å². The van der Waals surface area contributed by atoms with E-state index in [1.807, 2.05) is 36.6 Å². The van der Waals surface area contributed by atoms with Crippen LogP contribution in [0.2, 0.25) is 0 Å². The lowest BCUT2D eigenvalue weighted by molar-refractivity contribution is 0.416. The van der Waals surface area contributed by atoms with Gasteiger partial charge in [0.1, 0.15) is 5.75 Å². The Morgan fingerprint density at radius 3 is 2.85 bits per heavy atom. The molecular weight excluding hydrogens is 272 g/mol. The normalized spacial score (nSPS) is 10.7. The average molecular weight is 286 g/mol. The van der Waals surface area contributed by atoms with Gasteiger partial charge in [-0.2, -0.15) is 0 Å². The number of rotatable bonds is 3. The summed E-state index contributed by atoms with van der Waals surface area (Å²) in [5, 5.41) is 5.83. The van der Waals surface area contributed by atoms with Gasteiger partial charge in [-0.1, -0.05) is 35.0 Å². The summed E-state index contributed by atoms with van der Waals surface area (Å²) in [4.78, 5) is 0.947. The molecule has 0 unspecified atom stereocenters. The van der Waals surface area contributed by atoms with Crippen LogP contribution in [0.15, 0.2) is 40.2 Å². The second-order valence-corrected chi connectivity index (χ2v) is 5.40. The van der Waals surface area contributed by atoms with Crippen LogP contribution in [-0.2, 0) is 0 Å². The minimum atomic E-state index is 0.401. The Balaban J connectivity index is 2.14. The molecule has 0 saturated heterocycles. The molecule has 0 radical (unpaired) electrons. The molecule has 0 bridgehead atoms. The van der Waals surface area contributed by atoms with Gasteiger partial charge in [0.2, 0.25) is 0 Å². The van der Waals surface area contributed by atoms with Crippen LogP contribution in [0, 0.1) is 6.92 Å². The molecule has 102 valence electrons. The van der Waals surface area contributed by atoms with E-state index in [9.17, 15) is 0 Å². The van der Waals surface area contributed by atoms with Crippen LogP contribution in [0.5, 0.6) is 5.75 Å². The Hall–Kier alpha value is -2.27. The van der Waals surface area contributed by atoms with Crippen LogP contribution < -0.4 is 10.5 Å². The zero-order valence-corrected chi connectivity index (χ0v) is 12.0.